The monoisotopic (exact) mass is 271 g/mol. The predicted molar refractivity (Wildman–Crippen MR) is 75.0 cm³/mol. The summed E-state index contributed by atoms with van der Waals surface area (Å²) in [4.78, 5) is 8.35. The summed E-state index contributed by atoms with van der Waals surface area (Å²) in [6, 6.07) is 0. The van der Waals surface area contributed by atoms with Crippen molar-refractivity contribution in [1.29, 1.82) is 0 Å². The fourth-order valence-corrected chi connectivity index (χ4v) is 3.09. The van der Waals surface area contributed by atoms with E-state index in [0.717, 1.165) is 54.8 Å². The van der Waals surface area contributed by atoms with Crippen molar-refractivity contribution in [2.75, 3.05) is 31.2 Å². The van der Waals surface area contributed by atoms with Gasteiger partial charge in [-0.3, -0.25) is 0 Å². The zero-order chi connectivity index (χ0) is 12.3. The summed E-state index contributed by atoms with van der Waals surface area (Å²) in [5.74, 6) is 0. The van der Waals surface area contributed by atoms with Crippen molar-refractivity contribution < 1.29 is 4.74 Å². The standard InChI is InChI=1S/C11H17N3OS2/c1-2-3-8-9(10(12)16)17-11(13-8)14-4-6-15-7-5-14/h2-7H2,1H3,(H2,12,16). The number of rotatable bonds is 4. The van der Waals surface area contributed by atoms with E-state index in [9.17, 15) is 0 Å². The minimum absolute atomic E-state index is 0.463. The number of ether oxygens (including phenoxy) is 1. The van der Waals surface area contributed by atoms with Crippen LogP contribution in [0.2, 0.25) is 0 Å². The van der Waals surface area contributed by atoms with E-state index < -0.39 is 0 Å². The van der Waals surface area contributed by atoms with Gasteiger partial charge in [0.05, 0.1) is 23.8 Å². The smallest absolute Gasteiger partial charge is 0.186 e. The first-order valence-corrected chi connectivity index (χ1v) is 7.07. The second-order valence-corrected chi connectivity index (χ2v) is 5.40. The Morgan fingerprint density at radius 1 is 1.53 bits per heavy atom. The van der Waals surface area contributed by atoms with Gasteiger partial charge in [-0.25, -0.2) is 4.98 Å². The van der Waals surface area contributed by atoms with Crippen molar-refractivity contribution in [3.8, 4) is 0 Å². The molecule has 0 saturated carbocycles. The van der Waals surface area contributed by atoms with E-state index in [0.29, 0.717) is 4.99 Å². The summed E-state index contributed by atoms with van der Waals surface area (Å²) in [5, 5.41) is 1.03. The summed E-state index contributed by atoms with van der Waals surface area (Å²) in [6.07, 6.45) is 2.00. The van der Waals surface area contributed by atoms with Crippen molar-refractivity contribution in [2.24, 2.45) is 5.73 Å². The molecule has 0 amide bonds. The summed E-state index contributed by atoms with van der Waals surface area (Å²) in [5.41, 5.74) is 6.79. The fourth-order valence-electron chi connectivity index (χ4n) is 1.83. The topological polar surface area (TPSA) is 51.4 Å². The lowest BCUT2D eigenvalue weighted by Gasteiger charge is -2.26. The van der Waals surface area contributed by atoms with Gasteiger partial charge in [0.25, 0.3) is 0 Å². The lowest BCUT2D eigenvalue weighted by Crippen LogP contribution is -2.36. The third-order valence-corrected chi connectivity index (χ3v) is 4.20. The molecule has 4 nitrogen and oxygen atoms in total. The first kappa shape index (κ1) is 12.7. The van der Waals surface area contributed by atoms with Crippen LogP contribution in [-0.4, -0.2) is 36.3 Å². The van der Waals surface area contributed by atoms with Gasteiger partial charge in [0.15, 0.2) is 5.13 Å². The number of thiocarbonyl (C=S) groups is 1. The van der Waals surface area contributed by atoms with Gasteiger partial charge >= 0.3 is 0 Å². The molecule has 6 heteroatoms. The van der Waals surface area contributed by atoms with Crippen LogP contribution in [0.15, 0.2) is 0 Å². The van der Waals surface area contributed by atoms with E-state index in [2.05, 4.69) is 16.8 Å². The number of morpholine rings is 1. The second-order valence-electron chi connectivity index (χ2n) is 3.99. The number of aryl methyl sites for hydroxylation is 1. The van der Waals surface area contributed by atoms with Gasteiger partial charge in [0.2, 0.25) is 0 Å². The van der Waals surface area contributed by atoms with Crippen molar-refractivity contribution in [3.63, 3.8) is 0 Å². The summed E-state index contributed by atoms with van der Waals surface area (Å²) >= 11 is 6.69. The van der Waals surface area contributed by atoms with Gasteiger partial charge in [0.1, 0.15) is 4.99 Å². The van der Waals surface area contributed by atoms with Gasteiger partial charge < -0.3 is 15.4 Å². The molecule has 1 saturated heterocycles. The molecule has 0 atom stereocenters. The largest absolute Gasteiger partial charge is 0.389 e. The Balaban J connectivity index is 2.22. The minimum atomic E-state index is 0.463. The van der Waals surface area contributed by atoms with Gasteiger partial charge in [-0.1, -0.05) is 36.9 Å². The molecule has 1 aliphatic heterocycles. The Morgan fingerprint density at radius 2 is 2.24 bits per heavy atom. The number of nitrogens with zero attached hydrogens (tertiary/aromatic N) is 2. The Hall–Kier alpha value is -0.720. The van der Waals surface area contributed by atoms with E-state index in [-0.39, 0.29) is 0 Å². The molecule has 2 N–H and O–H groups in total. The van der Waals surface area contributed by atoms with E-state index in [1.165, 1.54) is 0 Å². The molecule has 0 aromatic carbocycles. The fraction of sp³-hybridized carbons (Fsp3) is 0.636. The third kappa shape index (κ3) is 2.94. The second kappa shape index (κ2) is 5.75. The van der Waals surface area contributed by atoms with Gasteiger partial charge in [0, 0.05) is 13.1 Å². The highest BCUT2D eigenvalue weighted by atomic mass is 32.1. The zero-order valence-corrected chi connectivity index (χ0v) is 11.6. The number of nitrogens with two attached hydrogens (primary N) is 1. The molecule has 0 aliphatic carbocycles. The Kier molecular flexibility index (Phi) is 4.31. The van der Waals surface area contributed by atoms with Crippen LogP contribution in [0.5, 0.6) is 0 Å². The maximum Gasteiger partial charge on any atom is 0.186 e. The average molecular weight is 271 g/mol. The van der Waals surface area contributed by atoms with Crippen LogP contribution in [0.3, 0.4) is 0 Å². The first-order chi connectivity index (χ1) is 8.22. The van der Waals surface area contributed by atoms with Crippen LogP contribution < -0.4 is 10.6 Å². The molecule has 0 unspecified atom stereocenters. The van der Waals surface area contributed by atoms with Crippen LogP contribution in [0, 0.1) is 0 Å². The molecule has 1 aromatic heterocycles. The van der Waals surface area contributed by atoms with E-state index >= 15 is 0 Å². The van der Waals surface area contributed by atoms with Gasteiger partial charge in [-0.15, -0.1) is 0 Å². The molecule has 2 rings (SSSR count). The molecule has 0 radical (unpaired) electrons. The SMILES string of the molecule is CCCc1nc(N2CCOCC2)sc1C(N)=S. The highest BCUT2D eigenvalue weighted by molar-refractivity contribution is 7.81. The maximum atomic E-state index is 5.75. The van der Waals surface area contributed by atoms with Crippen LogP contribution >= 0.6 is 23.6 Å². The number of aromatic nitrogens is 1. The predicted octanol–water partition coefficient (Wildman–Crippen LogP) is 1.57. The van der Waals surface area contributed by atoms with Crippen molar-refractivity contribution in [1.82, 2.24) is 4.98 Å². The normalized spacial score (nSPS) is 16.2. The first-order valence-electron chi connectivity index (χ1n) is 5.84. The summed E-state index contributed by atoms with van der Waals surface area (Å²) < 4.78 is 5.34. The van der Waals surface area contributed by atoms with E-state index in [1.54, 1.807) is 11.3 Å². The summed E-state index contributed by atoms with van der Waals surface area (Å²) in [7, 11) is 0. The number of hydrogen-bond acceptors (Lipinski definition) is 5. The Morgan fingerprint density at radius 3 is 2.82 bits per heavy atom. The van der Waals surface area contributed by atoms with E-state index in [1.807, 2.05) is 0 Å². The molecule has 94 valence electrons. The molecule has 17 heavy (non-hydrogen) atoms. The lowest BCUT2D eigenvalue weighted by molar-refractivity contribution is 0.122. The summed E-state index contributed by atoms with van der Waals surface area (Å²) in [6.45, 7) is 5.47. The van der Waals surface area contributed by atoms with Crippen LogP contribution in [0.4, 0.5) is 5.13 Å². The van der Waals surface area contributed by atoms with Crippen LogP contribution in [-0.2, 0) is 11.2 Å². The molecule has 2 heterocycles. The Bertz CT molecular complexity index is 399. The molecule has 0 bridgehead atoms. The number of thiazole rings is 1. The lowest BCUT2D eigenvalue weighted by atomic mass is 10.2. The molecule has 0 spiro atoms. The number of hydrogen-bond donors (Lipinski definition) is 1. The molecular formula is C11H17N3OS2. The van der Waals surface area contributed by atoms with E-state index in [4.69, 9.17) is 22.7 Å². The van der Waals surface area contributed by atoms with Crippen molar-refractivity contribution in [2.45, 2.75) is 19.8 Å². The average Bonchev–Trinajstić information content (AvgIpc) is 2.75. The minimum Gasteiger partial charge on any atom is -0.389 e. The van der Waals surface area contributed by atoms with Crippen molar-refractivity contribution >= 4 is 33.7 Å². The molecular weight excluding hydrogens is 254 g/mol. The molecule has 1 fully saturated rings. The third-order valence-electron chi connectivity index (χ3n) is 2.68. The quantitative estimate of drug-likeness (QED) is 0.842. The molecule has 1 aromatic rings. The van der Waals surface area contributed by atoms with Gasteiger partial charge in [-0.05, 0) is 6.42 Å². The highest BCUT2D eigenvalue weighted by Gasteiger charge is 2.19. The van der Waals surface area contributed by atoms with Crippen molar-refractivity contribution in [3.05, 3.63) is 10.6 Å². The number of anilines is 1. The van der Waals surface area contributed by atoms with Crippen LogP contribution in [0.25, 0.3) is 0 Å². The van der Waals surface area contributed by atoms with Gasteiger partial charge in [-0.2, -0.15) is 0 Å². The maximum absolute atomic E-state index is 5.75. The van der Waals surface area contributed by atoms with Crippen LogP contribution in [0.1, 0.15) is 23.9 Å². The zero-order valence-electron chi connectivity index (χ0n) is 9.94. The highest BCUT2D eigenvalue weighted by Crippen LogP contribution is 2.27. The molecule has 1 aliphatic rings. The Labute approximate surface area is 111 Å².